The van der Waals surface area contributed by atoms with Crippen LogP contribution in [0.4, 0.5) is 0 Å². The third kappa shape index (κ3) is 17.3. The van der Waals surface area contributed by atoms with E-state index in [2.05, 4.69) is 83.1 Å². The molecule has 0 bridgehead atoms. The molecule has 0 aliphatic carbocycles. The van der Waals surface area contributed by atoms with Crippen molar-refractivity contribution in [3.8, 4) is 0 Å². The maximum atomic E-state index is 12.8. The van der Waals surface area contributed by atoms with Crippen LogP contribution in [0.5, 0.6) is 0 Å². The molecule has 2 N–H and O–H groups in total. The lowest BCUT2D eigenvalue weighted by atomic mass is 9.85. The van der Waals surface area contributed by atoms with E-state index in [4.69, 9.17) is 0 Å². The monoisotopic (exact) mass is 580 g/mol. The Kier molecular flexibility index (Phi) is 16.0. The summed E-state index contributed by atoms with van der Waals surface area (Å²) in [4.78, 5) is 21.1. The predicted octanol–water partition coefficient (Wildman–Crippen LogP) is 11.2. The third-order valence-corrected chi connectivity index (χ3v) is 13.6. The van der Waals surface area contributed by atoms with Gasteiger partial charge in [-0.3, -0.25) is 9.13 Å². The number of rotatable bonds is 13. The van der Waals surface area contributed by atoms with Crippen molar-refractivity contribution in [2.75, 3.05) is 12.3 Å². The molecule has 0 amide bonds. The molecule has 0 aliphatic heterocycles. The van der Waals surface area contributed by atoms with Crippen LogP contribution in [0, 0.1) is 28.1 Å². The molecule has 0 aromatic heterocycles. The standard InChI is InChI=1S/2C16H35O2P/c1-13(10-14(2,3)4)11-19(17,18)16(8,9)12-15(5,6)7;1-8-10-11-14(9-2)12-19(17,18)16(6,7)13-15(3,4)5/h13H,10-12H2,1-9H3,(H,17,18);14H,8-13H2,1-7H3,(H,17,18). The van der Waals surface area contributed by atoms with Gasteiger partial charge in [-0.25, -0.2) is 0 Å². The lowest BCUT2D eigenvalue weighted by molar-refractivity contribution is 0.296. The molecule has 0 fully saturated rings. The molecule has 0 saturated carbocycles. The molecule has 38 heavy (non-hydrogen) atoms. The van der Waals surface area contributed by atoms with Crippen LogP contribution in [0.2, 0.25) is 0 Å². The summed E-state index contributed by atoms with van der Waals surface area (Å²) >= 11 is 0. The molecule has 232 valence electrons. The number of hydrogen-bond acceptors (Lipinski definition) is 2. The van der Waals surface area contributed by atoms with Gasteiger partial charge in [0, 0.05) is 22.6 Å². The molecule has 0 aromatic carbocycles. The van der Waals surface area contributed by atoms with Crippen molar-refractivity contribution in [1.29, 1.82) is 0 Å². The van der Waals surface area contributed by atoms with Crippen molar-refractivity contribution >= 4 is 14.7 Å². The van der Waals surface area contributed by atoms with Crippen molar-refractivity contribution < 1.29 is 18.9 Å². The van der Waals surface area contributed by atoms with E-state index in [9.17, 15) is 18.9 Å². The van der Waals surface area contributed by atoms with Gasteiger partial charge in [-0.15, -0.1) is 0 Å². The van der Waals surface area contributed by atoms with E-state index in [0.717, 1.165) is 44.9 Å². The maximum absolute atomic E-state index is 12.8. The van der Waals surface area contributed by atoms with Crippen LogP contribution in [0.15, 0.2) is 0 Å². The Hall–Kier alpha value is 0.380. The highest BCUT2D eigenvalue weighted by molar-refractivity contribution is 7.60. The van der Waals surface area contributed by atoms with Gasteiger partial charge in [0.1, 0.15) is 0 Å². The third-order valence-electron chi connectivity index (χ3n) is 7.39. The van der Waals surface area contributed by atoms with Gasteiger partial charge >= 0.3 is 0 Å². The summed E-state index contributed by atoms with van der Waals surface area (Å²) in [7, 11) is -6.24. The van der Waals surface area contributed by atoms with Crippen LogP contribution in [0.3, 0.4) is 0 Å². The maximum Gasteiger partial charge on any atom is 0.206 e. The van der Waals surface area contributed by atoms with Gasteiger partial charge in [0.15, 0.2) is 0 Å². The molecule has 4 atom stereocenters. The molecule has 4 unspecified atom stereocenters. The first kappa shape index (κ1) is 40.5. The topological polar surface area (TPSA) is 74.6 Å². The number of hydrogen-bond donors (Lipinski definition) is 2. The molecule has 0 rings (SSSR count). The largest absolute Gasteiger partial charge is 0.344 e. The van der Waals surface area contributed by atoms with Crippen molar-refractivity contribution in [2.45, 2.75) is 166 Å². The second-order valence-electron chi connectivity index (χ2n) is 17.2. The Morgan fingerprint density at radius 2 is 1.00 bits per heavy atom. The second kappa shape index (κ2) is 15.0. The van der Waals surface area contributed by atoms with Crippen LogP contribution in [0.1, 0.15) is 156 Å². The zero-order valence-corrected chi connectivity index (χ0v) is 30.4. The fourth-order valence-electron chi connectivity index (χ4n) is 6.14. The van der Waals surface area contributed by atoms with E-state index < -0.39 is 25.0 Å². The van der Waals surface area contributed by atoms with Crippen molar-refractivity contribution in [2.24, 2.45) is 28.1 Å². The fourth-order valence-corrected chi connectivity index (χ4v) is 10.7. The van der Waals surface area contributed by atoms with Crippen LogP contribution in [-0.2, 0) is 9.13 Å². The van der Waals surface area contributed by atoms with Crippen molar-refractivity contribution in [3.63, 3.8) is 0 Å². The zero-order valence-electron chi connectivity index (χ0n) is 28.6. The zero-order chi connectivity index (χ0) is 31.0. The Labute approximate surface area is 239 Å². The average molecular weight is 581 g/mol. The van der Waals surface area contributed by atoms with Gasteiger partial charge in [-0.2, -0.15) is 0 Å². The molecular formula is C32H70O4P2. The SMILES string of the molecule is CC(CC(C)(C)C)CP(=O)(O)C(C)(C)CC(C)(C)C.CCCCC(CC)CP(=O)(O)C(C)(C)CC(C)(C)C. The first-order valence-electron chi connectivity index (χ1n) is 15.1. The molecule has 0 spiro atoms. The van der Waals surface area contributed by atoms with Gasteiger partial charge in [0.25, 0.3) is 0 Å². The van der Waals surface area contributed by atoms with E-state index in [1.54, 1.807) is 0 Å². The van der Waals surface area contributed by atoms with Crippen LogP contribution < -0.4 is 0 Å². The minimum atomic E-state index is -3.13. The smallest absolute Gasteiger partial charge is 0.206 e. The minimum Gasteiger partial charge on any atom is -0.344 e. The first-order chi connectivity index (χ1) is 16.5. The number of unbranched alkanes of at least 4 members (excludes halogenated alkanes) is 1. The van der Waals surface area contributed by atoms with E-state index in [1.165, 1.54) is 0 Å². The second-order valence-corrected chi connectivity index (χ2v) is 23.1. The van der Waals surface area contributed by atoms with E-state index in [1.807, 2.05) is 27.7 Å². The van der Waals surface area contributed by atoms with Gasteiger partial charge in [-0.1, -0.05) is 130 Å². The fraction of sp³-hybridized carbons (Fsp3) is 1.00. The Bertz CT molecular complexity index is 764. The summed E-state index contributed by atoms with van der Waals surface area (Å²) in [6.07, 6.45) is 7.91. The van der Waals surface area contributed by atoms with Crippen molar-refractivity contribution in [3.05, 3.63) is 0 Å². The molecule has 0 aromatic rings. The van der Waals surface area contributed by atoms with E-state index in [0.29, 0.717) is 18.2 Å². The predicted molar refractivity (Wildman–Crippen MR) is 172 cm³/mol. The first-order valence-corrected chi connectivity index (χ1v) is 18.8. The van der Waals surface area contributed by atoms with Gasteiger partial charge < -0.3 is 9.79 Å². The van der Waals surface area contributed by atoms with Crippen LogP contribution in [-0.4, -0.2) is 32.4 Å². The lowest BCUT2D eigenvalue weighted by Gasteiger charge is -2.37. The highest BCUT2D eigenvalue weighted by Gasteiger charge is 2.43. The Balaban J connectivity index is 0. The van der Waals surface area contributed by atoms with Crippen molar-refractivity contribution in [1.82, 2.24) is 0 Å². The van der Waals surface area contributed by atoms with E-state index in [-0.39, 0.29) is 22.2 Å². The normalized spacial score (nSPS) is 18.6. The summed E-state index contributed by atoms with van der Waals surface area (Å²) in [5.74, 6) is 0.685. The van der Waals surface area contributed by atoms with Gasteiger partial charge in [0.2, 0.25) is 14.7 Å². The Morgan fingerprint density at radius 3 is 1.29 bits per heavy atom. The molecular weight excluding hydrogens is 510 g/mol. The summed E-state index contributed by atoms with van der Waals surface area (Å²) in [6.45, 7) is 33.6. The van der Waals surface area contributed by atoms with E-state index >= 15 is 0 Å². The van der Waals surface area contributed by atoms with Gasteiger partial charge in [0.05, 0.1) is 0 Å². The summed E-state index contributed by atoms with van der Waals surface area (Å²) < 4.78 is 25.6. The molecule has 0 radical (unpaired) electrons. The highest BCUT2D eigenvalue weighted by atomic mass is 31.2. The van der Waals surface area contributed by atoms with Crippen LogP contribution in [0.25, 0.3) is 0 Å². The molecule has 4 nitrogen and oxygen atoms in total. The minimum absolute atomic E-state index is 0.0785. The molecule has 0 heterocycles. The summed E-state index contributed by atoms with van der Waals surface area (Å²) in [5.41, 5.74) is 0.385. The van der Waals surface area contributed by atoms with Gasteiger partial charge in [-0.05, 0) is 53.8 Å². The molecule has 0 saturated heterocycles. The quantitative estimate of drug-likeness (QED) is 0.212. The summed E-state index contributed by atoms with van der Waals surface area (Å²) in [6, 6.07) is 0. The Morgan fingerprint density at radius 1 is 0.632 bits per heavy atom. The summed E-state index contributed by atoms with van der Waals surface area (Å²) in [5, 5.41) is -0.984. The van der Waals surface area contributed by atoms with Crippen LogP contribution >= 0.6 is 14.7 Å². The average Bonchev–Trinajstić information content (AvgIpc) is 2.59. The lowest BCUT2D eigenvalue weighted by Crippen LogP contribution is -2.30. The molecule has 0 aliphatic rings. The highest BCUT2D eigenvalue weighted by Crippen LogP contribution is 2.60. The molecule has 6 heteroatoms.